The van der Waals surface area contributed by atoms with Crippen LogP contribution in [0.15, 0.2) is 53.6 Å². The zero-order valence-corrected chi connectivity index (χ0v) is 21.9. The predicted octanol–water partition coefficient (Wildman–Crippen LogP) is 4.70. The number of carbonyl (C=O) groups is 1. The molecule has 9 heteroatoms. The number of nitrogens with one attached hydrogen (secondary N) is 1. The first-order chi connectivity index (χ1) is 17.4. The minimum absolute atomic E-state index is 0.0145. The highest BCUT2D eigenvalue weighted by molar-refractivity contribution is 7.94. The van der Waals surface area contributed by atoms with Crippen LogP contribution in [0.1, 0.15) is 48.3 Å². The van der Waals surface area contributed by atoms with Crippen molar-refractivity contribution >= 4 is 23.6 Å². The van der Waals surface area contributed by atoms with Gasteiger partial charge in [-0.1, -0.05) is 26.0 Å². The third kappa shape index (κ3) is 5.01. The maximum absolute atomic E-state index is 13.8. The van der Waals surface area contributed by atoms with Gasteiger partial charge in [-0.05, 0) is 61.2 Å². The molecule has 190 valence electrons. The van der Waals surface area contributed by atoms with Crippen molar-refractivity contribution in [3.8, 4) is 11.4 Å². The normalized spacial score (nSPS) is 15.8. The Morgan fingerprint density at radius 2 is 1.75 bits per heavy atom. The van der Waals surface area contributed by atoms with Crippen LogP contribution in [0, 0.1) is 0 Å². The van der Waals surface area contributed by atoms with Gasteiger partial charge in [0.1, 0.15) is 11.4 Å². The molecular weight excluding hydrogens is 476 g/mol. The molecule has 1 aromatic heterocycles. The zero-order valence-electron chi connectivity index (χ0n) is 21.1. The molecule has 1 saturated carbocycles. The van der Waals surface area contributed by atoms with E-state index in [0.717, 1.165) is 41.3 Å². The van der Waals surface area contributed by atoms with E-state index in [1.54, 1.807) is 11.8 Å². The van der Waals surface area contributed by atoms with Crippen molar-refractivity contribution in [1.82, 2.24) is 15.1 Å². The standard InChI is InChI=1S/C27H32N4O4S/c1-27(2,17-28-19-7-8-19)18-5-9-20(10-6-18)30-16-15-23-24(26(30)32)31(29-25(23)36-35-34-4)21-11-13-22(33-3)14-12-21/h5-6,9-14,19,28H,7-8,15-17H2,1-4H3. The van der Waals surface area contributed by atoms with Gasteiger partial charge in [-0.2, -0.15) is 9.43 Å². The van der Waals surface area contributed by atoms with Crippen LogP contribution < -0.4 is 15.0 Å². The second-order valence-corrected chi connectivity index (χ2v) is 10.5. The Bertz CT molecular complexity index is 1220. The quantitative estimate of drug-likeness (QED) is 0.242. The van der Waals surface area contributed by atoms with Crippen molar-refractivity contribution in [2.75, 3.05) is 32.2 Å². The molecule has 1 fully saturated rings. The average Bonchev–Trinajstić information content (AvgIpc) is 3.66. The summed E-state index contributed by atoms with van der Waals surface area (Å²) in [5.41, 5.74) is 4.31. The Balaban J connectivity index is 1.43. The number of aromatic nitrogens is 2. The second kappa shape index (κ2) is 10.3. The van der Waals surface area contributed by atoms with Crippen molar-refractivity contribution in [3.63, 3.8) is 0 Å². The molecule has 5 rings (SSSR count). The molecule has 0 unspecified atom stereocenters. The molecule has 1 N–H and O–H groups in total. The first-order valence-corrected chi connectivity index (χ1v) is 12.9. The first-order valence-electron chi connectivity index (χ1n) is 12.2. The molecule has 0 spiro atoms. The smallest absolute Gasteiger partial charge is 0.277 e. The molecule has 0 radical (unpaired) electrons. The number of hydrogen-bond acceptors (Lipinski definition) is 7. The number of benzene rings is 2. The SMILES string of the molecule is COOSc1nn(-c2ccc(OC)cc2)c2c1CCN(c1ccc(C(C)(C)CNC3CC3)cc1)C2=O. The van der Waals surface area contributed by atoms with E-state index in [2.05, 4.69) is 43.4 Å². The van der Waals surface area contributed by atoms with Crippen LogP contribution in [0.4, 0.5) is 5.69 Å². The van der Waals surface area contributed by atoms with E-state index < -0.39 is 0 Å². The number of fused-ring (bicyclic) bond motifs is 1. The Labute approximate surface area is 216 Å². The lowest BCUT2D eigenvalue weighted by Gasteiger charge is -2.29. The van der Waals surface area contributed by atoms with Crippen LogP contribution in [0.5, 0.6) is 5.75 Å². The van der Waals surface area contributed by atoms with Crippen molar-refractivity contribution in [2.24, 2.45) is 0 Å². The van der Waals surface area contributed by atoms with Crippen LogP contribution in [0.2, 0.25) is 0 Å². The Morgan fingerprint density at radius 3 is 2.39 bits per heavy atom. The number of hydrogen-bond donors (Lipinski definition) is 1. The molecule has 0 atom stereocenters. The Kier molecular flexibility index (Phi) is 7.07. The largest absolute Gasteiger partial charge is 0.497 e. The number of anilines is 1. The van der Waals surface area contributed by atoms with Crippen LogP contribution in [0.25, 0.3) is 5.69 Å². The van der Waals surface area contributed by atoms with E-state index in [-0.39, 0.29) is 11.3 Å². The zero-order chi connectivity index (χ0) is 25.3. The number of methoxy groups -OCH3 is 1. The molecule has 3 aromatic rings. The number of ether oxygens (including phenoxy) is 1. The van der Waals surface area contributed by atoms with E-state index in [0.29, 0.717) is 29.7 Å². The second-order valence-electron chi connectivity index (χ2n) is 9.85. The summed E-state index contributed by atoms with van der Waals surface area (Å²) >= 11 is 1.02. The summed E-state index contributed by atoms with van der Waals surface area (Å²) in [5, 5.41) is 8.95. The molecule has 36 heavy (non-hydrogen) atoms. The Hall–Kier alpha value is -2.85. The van der Waals surface area contributed by atoms with Crippen LogP contribution in [-0.2, 0) is 21.1 Å². The van der Waals surface area contributed by atoms with Gasteiger partial charge in [0.25, 0.3) is 5.91 Å². The van der Waals surface area contributed by atoms with Gasteiger partial charge >= 0.3 is 0 Å². The van der Waals surface area contributed by atoms with Gasteiger partial charge < -0.3 is 15.0 Å². The van der Waals surface area contributed by atoms with E-state index >= 15 is 0 Å². The van der Waals surface area contributed by atoms with E-state index in [1.165, 1.54) is 25.5 Å². The van der Waals surface area contributed by atoms with Crippen LogP contribution in [-0.4, -0.2) is 49.0 Å². The summed E-state index contributed by atoms with van der Waals surface area (Å²) in [5.74, 6) is 0.645. The third-order valence-electron chi connectivity index (χ3n) is 6.85. The summed E-state index contributed by atoms with van der Waals surface area (Å²) in [4.78, 5) is 20.4. The highest BCUT2D eigenvalue weighted by Crippen LogP contribution is 2.34. The van der Waals surface area contributed by atoms with Gasteiger partial charge in [-0.15, -0.1) is 0 Å². The number of amides is 1. The molecular formula is C27H32N4O4S. The topological polar surface area (TPSA) is 77.9 Å². The monoisotopic (exact) mass is 508 g/mol. The molecule has 1 amide bonds. The third-order valence-corrected chi connectivity index (χ3v) is 7.54. The fraction of sp³-hybridized carbons (Fsp3) is 0.407. The van der Waals surface area contributed by atoms with Gasteiger partial charge in [0.15, 0.2) is 5.03 Å². The minimum Gasteiger partial charge on any atom is -0.497 e. The van der Waals surface area contributed by atoms with E-state index in [1.807, 2.05) is 29.2 Å². The van der Waals surface area contributed by atoms with Crippen molar-refractivity contribution in [1.29, 1.82) is 0 Å². The maximum Gasteiger partial charge on any atom is 0.277 e. The highest BCUT2D eigenvalue weighted by Gasteiger charge is 2.34. The molecule has 2 aromatic carbocycles. The minimum atomic E-state index is -0.0914. The maximum atomic E-state index is 13.8. The summed E-state index contributed by atoms with van der Waals surface area (Å²) in [6, 6.07) is 16.5. The Morgan fingerprint density at radius 1 is 1.06 bits per heavy atom. The molecule has 0 saturated heterocycles. The van der Waals surface area contributed by atoms with Gasteiger partial charge in [-0.25, -0.2) is 9.57 Å². The number of rotatable bonds is 10. The summed E-state index contributed by atoms with van der Waals surface area (Å²) in [6.07, 6.45) is 3.21. The lowest BCUT2D eigenvalue weighted by Crippen LogP contribution is -2.39. The molecule has 2 aliphatic rings. The number of nitrogens with zero attached hydrogens (tertiary/aromatic N) is 3. The summed E-state index contributed by atoms with van der Waals surface area (Å²) in [6.45, 7) is 6.01. The fourth-order valence-corrected chi connectivity index (χ4v) is 5.05. The molecule has 1 aliphatic carbocycles. The molecule has 1 aliphatic heterocycles. The van der Waals surface area contributed by atoms with Gasteiger partial charge in [0.2, 0.25) is 0 Å². The molecule has 0 bridgehead atoms. The van der Waals surface area contributed by atoms with E-state index in [4.69, 9.17) is 19.1 Å². The van der Waals surface area contributed by atoms with Crippen LogP contribution >= 0.6 is 12.0 Å². The van der Waals surface area contributed by atoms with Crippen LogP contribution in [0.3, 0.4) is 0 Å². The van der Waals surface area contributed by atoms with Gasteiger partial charge in [0.05, 0.1) is 31.9 Å². The molecule has 2 heterocycles. The first kappa shape index (κ1) is 24.8. The average molecular weight is 509 g/mol. The summed E-state index contributed by atoms with van der Waals surface area (Å²) in [7, 11) is 3.07. The molecule has 8 nitrogen and oxygen atoms in total. The van der Waals surface area contributed by atoms with E-state index in [9.17, 15) is 4.79 Å². The summed E-state index contributed by atoms with van der Waals surface area (Å²) < 4.78 is 12.1. The van der Waals surface area contributed by atoms with Crippen molar-refractivity contribution < 1.29 is 18.8 Å². The fourth-order valence-electron chi connectivity index (χ4n) is 4.50. The highest BCUT2D eigenvalue weighted by atomic mass is 32.2. The van der Waals surface area contributed by atoms with Gasteiger partial charge in [-0.3, -0.25) is 4.79 Å². The van der Waals surface area contributed by atoms with Crippen molar-refractivity contribution in [3.05, 3.63) is 65.4 Å². The van der Waals surface area contributed by atoms with Crippen molar-refractivity contribution in [2.45, 2.75) is 49.6 Å². The lowest BCUT2D eigenvalue weighted by atomic mass is 9.84. The predicted molar refractivity (Wildman–Crippen MR) is 140 cm³/mol. The number of carbonyl (C=O) groups excluding carboxylic acids is 1. The van der Waals surface area contributed by atoms with Gasteiger partial charge in [0, 0.05) is 35.8 Å². The lowest BCUT2D eigenvalue weighted by molar-refractivity contribution is -0.160.